The highest BCUT2D eigenvalue weighted by atomic mass is 79.9. The number of carbonyl (C=O) groups is 1. The van der Waals surface area contributed by atoms with Crippen LogP contribution < -0.4 is 9.62 Å². The van der Waals surface area contributed by atoms with Gasteiger partial charge in [0.1, 0.15) is 5.82 Å². The number of amides is 1. The molecule has 6 nitrogen and oxygen atoms in total. The highest BCUT2D eigenvalue weighted by Gasteiger charge is 2.19. The van der Waals surface area contributed by atoms with Crippen LogP contribution in [0.1, 0.15) is 31.1 Å². The van der Waals surface area contributed by atoms with E-state index in [-0.39, 0.29) is 16.8 Å². The van der Waals surface area contributed by atoms with Crippen LogP contribution in [0.2, 0.25) is 0 Å². The summed E-state index contributed by atoms with van der Waals surface area (Å²) in [4.78, 5) is 18.6. The molecule has 0 fully saturated rings. The second-order valence-corrected chi connectivity index (χ2v) is 8.31. The summed E-state index contributed by atoms with van der Waals surface area (Å²) in [5, 5.41) is 0. The number of halogens is 1. The maximum absolute atomic E-state index is 12.7. The number of nitrogens with zero attached hydrogens (tertiary/aromatic N) is 2. The first-order valence-electron chi connectivity index (χ1n) is 7.80. The number of carbonyl (C=O) groups excluding carboxylic acids is 1. The zero-order valence-electron chi connectivity index (χ0n) is 14.2. The van der Waals surface area contributed by atoms with Gasteiger partial charge in [-0.25, -0.2) is 18.1 Å². The standard InChI is InChI=1S/C17H20BrN3O3S/c1-4-21(16-10-7-14(18)11-19-16)17(22)13-5-8-15(9-6-13)25(23,24)20-12(2)3/h5-12,20H,4H2,1-3H3. The second kappa shape index (κ2) is 8.07. The molecule has 0 unspecified atom stereocenters. The van der Waals surface area contributed by atoms with E-state index in [1.165, 1.54) is 29.2 Å². The van der Waals surface area contributed by atoms with Gasteiger partial charge in [-0.3, -0.25) is 9.69 Å². The molecule has 0 saturated heterocycles. The first-order valence-corrected chi connectivity index (χ1v) is 10.1. The lowest BCUT2D eigenvalue weighted by Gasteiger charge is -2.20. The van der Waals surface area contributed by atoms with Gasteiger partial charge in [-0.15, -0.1) is 0 Å². The monoisotopic (exact) mass is 425 g/mol. The molecular weight excluding hydrogens is 406 g/mol. The molecule has 0 atom stereocenters. The molecule has 0 spiro atoms. The zero-order chi connectivity index (χ0) is 18.6. The Balaban J connectivity index is 2.26. The molecule has 25 heavy (non-hydrogen) atoms. The molecule has 1 aromatic carbocycles. The smallest absolute Gasteiger partial charge is 0.259 e. The number of rotatable bonds is 6. The van der Waals surface area contributed by atoms with Gasteiger partial charge < -0.3 is 0 Å². The molecule has 0 aliphatic heterocycles. The predicted molar refractivity (Wildman–Crippen MR) is 101 cm³/mol. The maximum atomic E-state index is 12.7. The van der Waals surface area contributed by atoms with E-state index in [2.05, 4.69) is 25.6 Å². The van der Waals surface area contributed by atoms with Crippen LogP contribution in [-0.4, -0.2) is 31.9 Å². The van der Waals surface area contributed by atoms with E-state index in [4.69, 9.17) is 0 Å². The lowest BCUT2D eigenvalue weighted by molar-refractivity contribution is 0.0987. The Kier molecular flexibility index (Phi) is 6.31. The van der Waals surface area contributed by atoms with E-state index in [0.717, 1.165) is 4.47 Å². The summed E-state index contributed by atoms with van der Waals surface area (Å²) in [6.07, 6.45) is 1.62. The molecule has 1 amide bonds. The third-order valence-electron chi connectivity index (χ3n) is 3.35. The minimum Gasteiger partial charge on any atom is -0.293 e. The molecule has 0 aliphatic carbocycles. The minimum absolute atomic E-state index is 0.127. The van der Waals surface area contributed by atoms with Crippen molar-refractivity contribution in [2.24, 2.45) is 0 Å². The number of benzene rings is 1. The van der Waals surface area contributed by atoms with Crippen molar-refractivity contribution in [2.45, 2.75) is 31.7 Å². The molecule has 2 rings (SSSR count). The van der Waals surface area contributed by atoms with E-state index in [1.807, 2.05) is 13.0 Å². The van der Waals surface area contributed by atoms with Gasteiger partial charge in [-0.05, 0) is 73.1 Å². The third-order valence-corrected chi connectivity index (χ3v) is 5.50. The van der Waals surface area contributed by atoms with Gasteiger partial charge in [-0.2, -0.15) is 0 Å². The van der Waals surface area contributed by atoms with Gasteiger partial charge in [0.2, 0.25) is 10.0 Å². The van der Waals surface area contributed by atoms with Gasteiger partial charge >= 0.3 is 0 Å². The van der Waals surface area contributed by atoms with Crippen LogP contribution in [0, 0.1) is 0 Å². The van der Waals surface area contributed by atoms with Crippen LogP contribution in [0.4, 0.5) is 5.82 Å². The Labute approximate surface area is 156 Å². The Bertz CT molecular complexity index is 834. The van der Waals surface area contributed by atoms with Crippen LogP contribution in [0.5, 0.6) is 0 Å². The summed E-state index contributed by atoms with van der Waals surface area (Å²) in [5.74, 6) is 0.298. The molecule has 1 heterocycles. The summed E-state index contributed by atoms with van der Waals surface area (Å²) in [6.45, 7) is 5.80. The van der Waals surface area contributed by atoms with Gasteiger partial charge in [0, 0.05) is 28.8 Å². The normalized spacial score (nSPS) is 11.6. The number of hydrogen-bond donors (Lipinski definition) is 1. The van der Waals surface area contributed by atoms with Crippen LogP contribution in [0.25, 0.3) is 0 Å². The number of nitrogens with one attached hydrogen (secondary N) is 1. The average Bonchev–Trinajstić information content (AvgIpc) is 2.56. The molecule has 0 bridgehead atoms. The van der Waals surface area contributed by atoms with Crippen LogP contribution in [-0.2, 0) is 10.0 Å². The van der Waals surface area contributed by atoms with Crippen molar-refractivity contribution in [3.8, 4) is 0 Å². The Hall–Kier alpha value is -1.77. The summed E-state index contributed by atoms with van der Waals surface area (Å²) in [5.41, 5.74) is 0.398. The van der Waals surface area contributed by atoms with Crippen molar-refractivity contribution in [1.29, 1.82) is 0 Å². The largest absolute Gasteiger partial charge is 0.293 e. The third kappa shape index (κ3) is 4.87. The van der Waals surface area contributed by atoms with E-state index in [0.29, 0.717) is 17.9 Å². The average molecular weight is 426 g/mol. The van der Waals surface area contributed by atoms with Crippen LogP contribution >= 0.6 is 15.9 Å². The predicted octanol–water partition coefficient (Wildman–Crippen LogP) is 3.20. The lowest BCUT2D eigenvalue weighted by atomic mass is 10.2. The van der Waals surface area contributed by atoms with Gasteiger partial charge in [-0.1, -0.05) is 0 Å². The molecule has 2 aromatic rings. The lowest BCUT2D eigenvalue weighted by Crippen LogP contribution is -2.32. The van der Waals surface area contributed by atoms with E-state index in [9.17, 15) is 13.2 Å². The number of aromatic nitrogens is 1. The molecule has 0 radical (unpaired) electrons. The second-order valence-electron chi connectivity index (χ2n) is 5.68. The number of hydrogen-bond acceptors (Lipinski definition) is 4. The van der Waals surface area contributed by atoms with E-state index in [1.54, 1.807) is 26.1 Å². The first kappa shape index (κ1) is 19.6. The van der Waals surface area contributed by atoms with E-state index < -0.39 is 10.0 Å². The van der Waals surface area contributed by atoms with Gasteiger partial charge in [0.25, 0.3) is 5.91 Å². The Morgan fingerprint density at radius 3 is 2.32 bits per heavy atom. The zero-order valence-corrected chi connectivity index (χ0v) is 16.6. The molecular formula is C17H20BrN3O3S. The van der Waals surface area contributed by atoms with E-state index >= 15 is 0 Å². The molecule has 0 saturated carbocycles. The van der Waals surface area contributed by atoms with Gasteiger partial charge in [0.05, 0.1) is 4.90 Å². The maximum Gasteiger partial charge on any atom is 0.259 e. The molecule has 0 aliphatic rings. The number of pyridine rings is 1. The van der Waals surface area contributed by atoms with Crippen LogP contribution in [0.15, 0.2) is 52.0 Å². The summed E-state index contributed by atoms with van der Waals surface area (Å²) >= 11 is 3.31. The molecule has 8 heteroatoms. The number of anilines is 1. The fourth-order valence-electron chi connectivity index (χ4n) is 2.25. The van der Waals surface area contributed by atoms with Crippen molar-refractivity contribution in [1.82, 2.24) is 9.71 Å². The van der Waals surface area contributed by atoms with Crippen molar-refractivity contribution >= 4 is 37.7 Å². The van der Waals surface area contributed by atoms with Crippen molar-refractivity contribution in [2.75, 3.05) is 11.4 Å². The molecule has 134 valence electrons. The fourth-order valence-corrected chi connectivity index (χ4v) is 3.73. The topological polar surface area (TPSA) is 79.4 Å². The fraction of sp³-hybridized carbons (Fsp3) is 0.294. The highest BCUT2D eigenvalue weighted by molar-refractivity contribution is 9.10. The highest BCUT2D eigenvalue weighted by Crippen LogP contribution is 2.18. The quantitative estimate of drug-likeness (QED) is 0.770. The molecule has 1 N–H and O–H groups in total. The molecule has 1 aromatic heterocycles. The van der Waals surface area contributed by atoms with Crippen molar-refractivity contribution in [3.05, 3.63) is 52.6 Å². The van der Waals surface area contributed by atoms with Crippen molar-refractivity contribution in [3.63, 3.8) is 0 Å². The number of sulfonamides is 1. The minimum atomic E-state index is -3.58. The van der Waals surface area contributed by atoms with Crippen molar-refractivity contribution < 1.29 is 13.2 Å². The summed E-state index contributed by atoms with van der Waals surface area (Å²) in [6, 6.07) is 9.24. The Morgan fingerprint density at radius 2 is 1.84 bits per heavy atom. The SMILES string of the molecule is CCN(C(=O)c1ccc(S(=O)(=O)NC(C)C)cc1)c1ccc(Br)cn1. The summed E-state index contributed by atoms with van der Waals surface area (Å²) < 4.78 is 27.6. The van der Waals surface area contributed by atoms with Crippen LogP contribution in [0.3, 0.4) is 0 Å². The van der Waals surface area contributed by atoms with Gasteiger partial charge in [0.15, 0.2) is 0 Å². The summed E-state index contributed by atoms with van der Waals surface area (Å²) in [7, 11) is -3.58. The first-order chi connectivity index (χ1) is 11.7. The Morgan fingerprint density at radius 1 is 1.20 bits per heavy atom.